The van der Waals surface area contributed by atoms with Crippen molar-refractivity contribution in [3.05, 3.63) is 112 Å². The van der Waals surface area contributed by atoms with E-state index >= 15 is 0 Å². The molecule has 58 heavy (non-hydrogen) atoms. The third-order valence-electron chi connectivity index (χ3n) is 7.69. The number of aromatic amines is 1. The number of phosphoric ester groups is 1. The predicted molar refractivity (Wildman–Crippen MR) is 213 cm³/mol. The summed E-state index contributed by atoms with van der Waals surface area (Å²) < 4.78 is 33.2. The molecule has 2 heterocycles. The van der Waals surface area contributed by atoms with Gasteiger partial charge in [-0.25, -0.2) is 19.3 Å². The zero-order chi connectivity index (χ0) is 42.1. The monoisotopic (exact) mass is 818 g/mol. The Bertz CT molecular complexity index is 2300. The third-order valence-corrected chi connectivity index (χ3v) is 9.34. The van der Waals surface area contributed by atoms with Gasteiger partial charge < -0.3 is 31.9 Å². The second-order valence-electron chi connectivity index (χ2n) is 12.0. The van der Waals surface area contributed by atoms with Crippen LogP contribution < -0.4 is 32.4 Å². The van der Waals surface area contributed by atoms with Crippen LogP contribution in [0.3, 0.4) is 0 Å². The number of nitrogen functional groups attached to an aromatic ring is 1. The van der Waals surface area contributed by atoms with Crippen molar-refractivity contribution in [1.29, 1.82) is 0 Å². The van der Waals surface area contributed by atoms with Gasteiger partial charge in [0, 0.05) is 24.1 Å². The number of aromatic nitrogens is 4. The van der Waals surface area contributed by atoms with Crippen molar-refractivity contribution in [1.82, 2.24) is 19.9 Å². The molecule has 5 rings (SSSR count). The van der Waals surface area contributed by atoms with E-state index in [1.807, 2.05) is 0 Å². The van der Waals surface area contributed by atoms with Crippen LogP contribution in [0.5, 0.6) is 5.75 Å². The van der Waals surface area contributed by atoms with Gasteiger partial charge in [-0.05, 0) is 80.8 Å². The number of ether oxygens (including phenoxy) is 1. The number of carbonyl (C=O) groups is 4. The molecule has 0 aliphatic heterocycles. The number of nitrogens with two attached hydrogens (primary N) is 2. The molecule has 2 amide bonds. The lowest BCUT2D eigenvalue weighted by Gasteiger charge is -2.16. The zero-order valence-electron chi connectivity index (χ0n) is 31.6. The summed E-state index contributed by atoms with van der Waals surface area (Å²) in [4.78, 5) is 72.7. The average molecular weight is 819 g/mol. The first-order valence-corrected chi connectivity index (χ1v) is 19.4. The fraction of sp³-hybridized carbons (Fsp3) is 0.263. The van der Waals surface area contributed by atoms with Crippen molar-refractivity contribution in [3.63, 3.8) is 0 Å². The van der Waals surface area contributed by atoms with E-state index in [9.17, 15) is 28.5 Å². The molecule has 306 valence electrons. The molecule has 0 saturated carbocycles. The van der Waals surface area contributed by atoms with Crippen molar-refractivity contribution < 1.29 is 47.2 Å². The second kappa shape index (κ2) is 21.7. The summed E-state index contributed by atoms with van der Waals surface area (Å²) in [7, 11) is -3.57. The summed E-state index contributed by atoms with van der Waals surface area (Å²) in [6, 6.07) is 19.8. The number of anilines is 3. The molecule has 19 nitrogen and oxygen atoms in total. The Balaban J connectivity index is 0.000000278. The van der Waals surface area contributed by atoms with Crippen LogP contribution in [-0.4, -0.2) is 68.6 Å². The fourth-order valence-corrected chi connectivity index (χ4v) is 6.14. The summed E-state index contributed by atoms with van der Waals surface area (Å²) in [6.07, 6.45) is 2.05. The SMILES string of the molecule is CCOP(=O)(OCC)OCCc1ccc(OC(=O)c2ccccc2NC(=O)CCCC(=O)O)cc1.NC(=O)c1ccc(NCc2cnc3nc(N)[nH]c(=O)c3n2)cc1. The van der Waals surface area contributed by atoms with E-state index in [1.54, 1.807) is 80.6 Å². The molecule has 3 aromatic carbocycles. The Morgan fingerprint density at radius 2 is 1.59 bits per heavy atom. The highest BCUT2D eigenvalue weighted by Gasteiger charge is 2.25. The van der Waals surface area contributed by atoms with Crippen molar-refractivity contribution in [2.24, 2.45) is 5.73 Å². The molecule has 0 saturated heterocycles. The lowest BCUT2D eigenvalue weighted by molar-refractivity contribution is -0.137. The van der Waals surface area contributed by atoms with Gasteiger partial charge in [-0.2, -0.15) is 4.98 Å². The quantitative estimate of drug-likeness (QED) is 0.0369. The number of rotatable bonds is 19. The largest absolute Gasteiger partial charge is 0.481 e. The predicted octanol–water partition coefficient (Wildman–Crippen LogP) is 4.85. The van der Waals surface area contributed by atoms with Crippen LogP contribution in [0.25, 0.3) is 11.2 Å². The Kier molecular flexibility index (Phi) is 16.5. The van der Waals surface area contributed by atoms with Crippen LogP contribution in [0, 0.1) is 0 Å². The topological polar surface area (TPSA) is 290 Å². The number of hydrogen-bond acceptors (Lipinski definition) is 15. The molecule has 20 heteroatoms. The Labute approximate surface area is 332 Å². The van der Waals surface area contributed by atoms with E-state index in [-0.39, 0.29) is 67.4 Å². The zero-order valence-corrected chi connectivity index (χ0v) is 32.5. The van der Waals surface area contributed by atoms with E-state index in [4.69, 9.17) is 34.9 Å². The number of nitrogens with one attached hydrogen (secondary N) is 3. The smallest absolute Gasteiger partial charge is 0.474 e. The minimum absolute atomic E-state index is 0.00258. The van der Waals surface area contributed by atoms with Gasteiger partial charge in [-0.1, -0.05) is 24.3 Å². The van der Waals surface area contributed by atoms with Gasteiger partial charge in [0.25, 0.3) is 5.56 Å². The minimum atomic E-state index is -3.57. The lowest BCUT2D eigenvalue weighted by Crippen LogP contribution is -2.17. The molecule has 2 aromatic heterocycles. The van der Waals surface area contributed by atoms with E-state index in [2.05, 4.69) is 30.6 Å². The second-order valence-corrected chi connectivity index (χ2v) is 13.7. The lowest BCUT2D eigenvalue weighted by atomic mass is 10.1. The number of para-hydroxylation sites is 1. The number of fused-ring (bicyclic) bond motifs is 1. The van der Waals surface area contributed by atoms with Crippen LogP contribution in [0.1, 0.15) is 65.1 Å². The highest BCUT2D eigenvalue weighted by atomic mass is 31.2. The van der Waals surface area contributed by atoms with Crippen LogP contribution in [0.15, 0.2) is 83.8 Å². The molecule has 0 bridgehead atoms. The molecular formula is C38H43N8O11P. The number of H-pyrrole nitrogens is 1. The van der Waals surface area contributed by atoms with Gasteiger partial charge in [0.15, 0.2) is 11.2 Å². The maximum absolute atomic E-state index is 12.7. The summed E-state index contributed by atoms with van der Waals surface area (Å²) >= 11 is 0. The summed E-state index contributed by atoms with van der Waals surface area (Å²) in [6.45, 7) is 4.27. The van der Waals surface area contributed by atoms with Gasteiger partial charge in [-0.15, -0.1) is 0 Å². The molecule has 0 radical (unpaired) electrons. The number of primary amides is 1. The molecule has 0 fully saturated rings. The Morgan fingerprint density at radius 3 is 2.24 bits per heavy atom. The summed E-state index contributed by atoms with van der Waals surface area (Å²) in [5.74, 6) is -2.21. The summed E-state index contributed by atoms with van der Waals surface area (Å²) in [5, 5.41) is 14.4. The standard InChI is InChI=1S/C24H30NO9P.C14H13N7O2/c1-3-31-35(30,32-4-2)33-17-16-18-12-14-19(15-13-18)34-24(29)20-8-5-6-9-21(20)25-22(26)10-7-11-23(27)28;15-11(22)7-1-3-8(4-2-7)17-5-9-6-18-12-10(19-9)13(23)21-14(16)20-12/h5-6,8-9,12-15H,3-4,7,10-11,16-17H2,1-2H3,(H,25,26)(H,27,28);1-4,6,17H,5H2,(H2,15,22)(H3,16,18,20,21,23). The Hall–Kier alpha value is -6.53. The van der Waals surface area contributed by atoms with Crippen molar-refractivity contribution >= 4 is 60.1 Å². The van der Waals surface area contributed by atoms with Crippen LogP contribution in [0.2, 0.25) is 0 Å². The van der Waals surface area contributed by atoms with E-state index in [0.29, 0.717) is 30.0 Å². The molecule has 0 aliphatic rings. The number of hydrogen-bond donors (Lipinski definition) is 6. The van der Waals surface area contributed by atoms with Crippen LogP contribution >= 0.6 is 7.82 Å². The molecule has 0 atom stereocenters. The average Bonchev–Trinajstić information content (AvgIpc) is 3.18. The molecule has 5 aromatic rings. The number of esters is 1. The summed E-state index contributed by atoms with van der Waals surface area (Å²) in [5.41, 5.74) is 13.6. The van der Waals surface area contributed by atoms with Crippen LogP contribution in [0.4, 0.5) is 17.3 Å². The number of aliphatic carboxylic acids is 1. The Morgan fingerprint density at radius 1 is 0.897 bits per heavy atom. The van der Waals surface area contributed by atoms with Crippen LogP contribution in [-0.2, 0) is 40.7 Å². The number of nitrogens with zero attached hydrogens (tertiary/aromatic N) is 3. The fourth-order valence-electron chi connectivity index (χ4n) is 4.97. The van der Waals surface area contributed by atoms with E-state index in [1.165, 1.54) is 12.3 Å². The van der Waals surface area contributed by atoms with Gasteiger partial charge in [0.05, 0.1) is 49.5 Å². The number of amides is 2. The minimum Gasteiger partial charge on any atom is -0.481 e. The highest BCUT2D eigenvalue weighted by Crippen LogP contribution is 2.49. The normalized spacial score (nSPS) is 10.9. The number of benzene rings is 3. The molecule has 0 unspecified atom stereocenters. The first kappa shape index (κ1) is 44.2. The van der Waals surface area contributed by atoms with Gasteiger partial charge in [-0.3, -0.25) is 37.7 Å². The van der Waals surface area contributed by atoms with Gasteiger partial charge >= 0.3 is 19.8 Å². The van der Waals surface area contributed by atoms with E-state index < -0.39 is 37.1 Å². The highest BCUT2D eigenvalue weighted by molar-refractivity contribution is 7.48. The van der Waals surface area contributed by atoms with Crippen molar-refractivity contribution in [2.75, 3.05) is 36.2 Å². The van der Waals surface area contributed by atoms with Crippen molar-refractivity contribution in [3.8, 4) is 5.75 Å². The number of carbonyl (C=O) groups excluding carboxylic acids is 3. The molecule has 8 N–H and O–H groups in total. The maximum Gasteiger partial charge on any atom is 0.474 e. The van der Waals surface area contributed by atoms with Gasteiger partial charge in [0.2, 0.25) is 17.8 Å². The number of carboxylic acids is 1. The van der Waals surface area contributed by atoms with Gasteiger partial charge in [0.1, 0.15) is 5.75 Å². The molecule has 0 spiro atoms. The first-order chi connectivity index (χ1) is 27.8. The number of phosphoric acid groups is 1. The van der Waals surface area contributed by atoms with Crippen molar-refractivity contribution in [2.45, 2.75) is 46.1 Å². The maximum atomic E-state index is 12.7. The molecule has 0 aliphatic carbocycles. The number of carboxylic acid groups (broad SMARTS) is 1. The molecular weight excluding hydrogens is 775 g/mol. The first-order valence-electron chi connectivity index (χ1n) is 17.9. The third kappa shape index (κ3) is 13.9. The van der Waals surface area contributed by atoms with E-state index in [0.717, 1.165) is 11.3 Å².